The van der Waals surface area contributed by atoms with E-state index in [4.69, 9.17) is 0 Å². The molecule has 0 amide bonds. The fraction of sp³-hybridized carbons (Fsp3) is 0.571. The van der Waals surface area contributed by atoms with Gasteiger partial charge in [-0.1, -0.05) is 0 Å². The molecule has 0 fully saturated rings. The number of alkyl halides is 2. The largest absolute Gasteiger partial charge is 0.333 e. The van der Waals surface area contributed by atoms with Crippen molar-refractivity contribution in [3.8, 4) is 0 Å². The zero-order valence-electron chi connectivity index (χ0n) is 6.43. The predicted octanol–water partition coefficient (Wildman–Crippen LogP) is 0.924. The first-order chi connectivity index (χ1) is 5.79. The molecular formula is C7H9F2N3. The van der Waals surface area contributed by atoms with Gasteiger partial charge in [0.15, 0.2) is 0 Å². The number of hydrogen-bond donors (Lipinski definition) is 1. The van der Waals surface area contributed by atoms with Crippen LogP contribution in [-0.2, 0) is 13.0 Å². The molecule has 0 saturated carbocycles. The highest BCUT2D eigenvalue weighted by Crippen LogP contribution is 2.18. The Hall–Kier alpha value is -0.970. The third kappa shape index (κ3) is 1.10. The molecule has 2 heterocycles. The minimum absolute atomic E-state index is 0.639. The summed E-state index contributed by atoms with van der Waals surface area (Å²) < 4.78 is 25.3. The van der Waals surface area contributed by atoms with Gasteiger partial charge < -0.3 is 5.32 Å². The fourth-order valence-electron chi connectivity index (χ4n) is 1.44. The second-order valence-corrected chi connectivity index (χ2v) is 2.77. The molecule has 0 atom stereocenters. The highest BCUT2D eigenvalue weighted by molar-refractivity contribution is 5.20. The Kier molecular flexibility index (Phi) is 1.80. The molecule has 12 heavy (non-hydrogen) atoms. The summed E-state index contributed by atoms with van der Waals surface area (Å²) in [6, 6.07) is 0. The molecule has 0 bridgehead atoms. The number of nitrogens with zero attached hydrogens (tertiary/aromatic N) is 2. The normalized spacial score (nSPS) is 16.6. The van der Waals surface area contributed by atoms with Crippen LogP contribution in [0, 0.1) is 0 Å². The summed E-state index contributed by atoms with van der Waals surface area (Å²) in [7, 11) is 0. The van der Waals surface area contributed by atoms with Crippen LogP contribution in [-0.4, -0.2) is 16.3 Å². The highest BCUT2D eigenvalue weighted by atomic mass is 19.3. The van der Waals surface area contributed by atoms with E-state index in [0.29, 0.717) is 18.7 Å². The van der Waals surface area contributed by atoms with E-state index in [0.717, 1.165) is 16.8 Å². The number of nitrogens with one attached hydrogen (secondary N) is 1. The van der Waals surface area contributed by atoms with Crippen LogP contribution in [0.15, 0.2) is 6.20 Å². The smallest absolute Gasteiger partial charge is 0.312 e. The lowest BCUT2D eigenvalue weighted by Gasteiger charge is -2.14. The zero-order chi connectivity index (χ0) is 8.55. The molecule has 2 rings (SSSR count). The summed E-state index contributed by atoms with van der Waals surface area (Å²) in [4.78, 5) is 0. The maximum Gasteiger partial charge on any atom is 0.333 e. The Labute approximate surface area is 68.4 Å². The Morgan fingerprint density at radius 3 is 3.17 bits per heavy atom. The van der Waals surface area contributed by atoms with Crippen LogP contribution in [0.25, 0.3) is 0 Å². The standard InChI is InChI=1S/C7H9F2N3/c8-7(9)12-6-1-2-10-3-5(6)4-11-12/h4,7,10H,1-3H2. The Balaban J connectivity index is 2.38. The van der Waals surface area contributed by atoms with E-state index in [1.165, 1.54) is 6.20 Å². The first-order valence-corrected chi connectivity index (χ1v) is 3.83. The van der Waals surface area contributed by atoms with Gasteiger partial charge in [0.2, 0.25) is 0 Å². The lowest BCUT2D eigenvalue weighted by molar-refractivity contribution is 0.0531. The SMILES string of the molecule is FC(F)n1ncc2c1CCNC2. The summed E-state index contributed by atoms with van der Waals surface area (Å²) >= 11 is 0. The van der Waals surface area contributed by atoms with Crippen LogP contribution >= 0.6 is 0 Å². The molecule has 66 valence electrons. The van der Waals surface area contributed by atoms with Crippen LogP contribution in [0.4, 0.5) is 8.78 Å². The summed E-state index contributed by atoms with van der Waals surface area (Å²) in [5.41, 5.74) is 1.56. The molecule has 1 aromatic heterocycles. The molecule has 0 aromatic carbocycles. The van der Waals surface area contributed by atoms with Gasteiger partial charge in [-0.25, -0.2) is 4.68 Å². The molecule has 5 heteroatoms. The minimum Gasteiger partial charge on any atom is -0.312 e. The maximum atomic E-state index is 12.3. The average molecular weight is 173 g/mol. The van der Waals surface area contributed by atoms with Crippen molar-refractivity contribution in [1.82, 2.24) is 15.1 Å². The highest BCUT2D eigenvalue weighted by Gasteiger charge is 2.18. The molecule has 0 aliphatic carbocycles. The molecule has 0 radical (unpaired) electrons. The van der Waals surface area contributed by atoms with E-state index < -0.39 is 6.55 Å². The molecule has 1 aliphatic rings. The molecule has 1 aliphatic heterocycles. The van der Waals surface area contributed by atoms with E-state index in [1.54, 1.807) is 0 Å². The van der Waals surface area contributed by atoms with Gasteiger partial charge in [-0.2, -0.15) is 13.9 Å². The van der Waals surface area contributed by atoms with Gasteiger partial charge in [-0.05, 0) is 0 Å². The first-order valence-electron chi connectivity index (χ1n) is 3.83. The van der Waals surface area contributed by atoms with E-state index >= 15 is 0 Å². The number of rotatable bonds is 1. The van der Waals surface area contributed by atoms with Gasteiger partial charge in [0.25, 0.3) is 0 Å². The van der Waals surface area contributed by atoms with Crippen molar-refractivity contribution in [2.45, 2.75) is 19.5 Å². The fourth-order valence-corrected chi connectivity index (χ4v) is 1.44. The first kappa shape index (κ1) is 7.67. The van der Waals surface area contributed by atoms with Crippen LogP contribution in [0.5, 0.6) is 0 Å². The van der Waals surface area contributed by atoms with E-state index in [2.05, 4.69) is 10.4 Å². The van der Waals surface area contributed by atoms with Crippen LogP contribution in [0.2, 0.25) is 0 Å². The quantitative estimate of drug-likeness (QED) is 0.684. The van der Waals surface area contributed by atoms with E-state index in [-0.39, 0.29) is 0 Å². The zero-order valence-corrected chi connectivity index (χ0v) is 6.43. The van der Waals surface area contributed by atoms with Gasteiger partial charge in [0.05, 0.1) is 11.9 Å². The lowest BCUT2D eigenvalue weighted by atomic mass is 10.1. The van der Waals surface area contributed by atoms with Gasteiger partial charge in [0, 0.05) is 25.1 Å². The van der Waals surface area contributed by atoms with Gasteiger partial charge in [-0.3, -0.25) is 0 Å². The maximum absolute atomic E-state index is 12.3. The molecule has 1 aromatic rings. The van der Waals surface area contributed by atoms with Crippen LogP contribution < -0.4 is 5.32 Å². The minimum atomic E-state index is -2.51. The van der Waals surface area contributed by atoms with E-state index in [9.17, 15) is 8.78 Å². The third-order valence-electron chi connectivity index (χ3n) is 2.02. The van der Waals surface area contributed by atoms with Crippen molar-refractivity contribution in [1.29, 1.82) is 0 Å². The molecule has 1 N–H and O–H groups in total. The molecule has 3 nitrogen and oxygen atoms in total. The van der Waals surface area contributed by atoms with Gasteiger partial charge in [0.1, 0.15) is 0 Å². The average Bonchev–Trinajstić information content (AvgIpc) is 2.47. The molecular weight excluding hydrogens is 164 g/mol. The summed E-state index contributed by atoms with van der Waals surface area (Å²) in [5.74, 6) is 0. The Morgan fingerprint density at radius 2 is 2.42 bits per heavy atom. The Bertz CT molecular complexity index is 282. The number of hydrogen-bond acceptors (Lipinski definition) is 2. The molecule has 0 saturated heterocycles. The third-order valence-corrected chi connectivity index (χ3v) is 2.02. The van der Waals surface area contributed by atoms with Crippen molar-refractivity contribution in [3.05, 3.63) is 17.5 Å². The lowest BCUT2D eigenvalue weighted by Crippen LogP contribution is -2.24. The van der Waals surface area contributed by atoms with Crippen LogP contribution in [0.1, 0.15) is 17.8 Å². The summed E-state index contributed by atoms with van der Waals surface area (Å²) in [6.45, 7) is -1.10. The summed E-state index contributed by atoms with van der Waals surface area (Å²) in [5, 5.41) is 6.72. The topological polar surface area (TPSA) is 29.9 Å². The van der Waals surface area contributed by atoms with Crippen molar-refractivity contribution in [3.63, 3.8) is 0 Å². The van der Waals surface area contributed by atoms with Crippen molar-refractivity contribution in [2.24, 2.45) is 0 Å². The number of aromatic nitrogens is 2. The van der Waals surface area contributed by atoms with Crippen molar-refractivity contribution >= 4 is 0 Å². The van der Waals surface area contributed by atoms with E-state index in [1.807, 2.05) is 0 Å². The van der Waals surface area contributed by atoms with Gasteiger partial charge in [-0.15, -0.1) is 0 Å². The van der Waals surface area contributed by atoms with Crippen molar-refractivity contribution < 1.29 is 8.78 Å². The second-order valence-electron chi connectivity index (χ2n) is 2.77. The molecule has 0 spiro atoms. The van der Waals surface area contributed by atoms with Crippen molar-refractivity contribution in [2.75, 3.05) is 6.54 Å². The number of fused-ring (bicyclic) bond motifs is 1. The Morgan fingerprint density at radius 1 is 1.58 bits per heavy atom. The second kappa shape index (κ2) is 2.82. The van der Waals surface area contributed by atoms with Gasteiger partial charge >= 0.3 is 6.55 Å². The summed E-state index contributed by atoms with van der Waals surface area (Å²) in [6.07, 6.45) is 2.15. The number of halogens is 2. The molecule has 0 unspecified atom stereocenters. The predicted molar refractivity (Wildman–Crippen MR) is 38.9 cm³/mol. The van der Waals surface area contributed by atoms with Crippen LogP contribution in [0.3, 0.4) is 0 Å². The monoisotopic (exact) mass is 173 g/mol.